The summed E-state index contributed by atoms with van der Waals surface area (Å²) in [4.78, 5) is 32.3. The zero-order valence-electron chi connectivity index (χ0n) is 15.4. The van der Waals surface area contributed by atoms with Crippen LogP contribution >= 0.6 is 15.9 Å². The summed E-state index contributed by atoms with van der Waals surface area (Å²) in [5.41, 5.74) is 0.957. The van der Waals surface area contributed by atoms with Gasteiger partial charge in [0.2, 0.25) is 0 Å². The molecule has 1 unspecified atom stereocenters. The summed E-state index contributed by atoms with van der Waals surface area (Å²) < 4.78 is 5.89. The molecule has 1 aromatic carbocycles. The Balaban J connectivity index is 1.82. The van der Waals surface area contributed by atoms with E-state index >= 15 is 0 Å². The molecule has 0 saturated carbocycles. The van der Waals surface area contributed by atoms with Gasteiger partial charge in [0.25, 0.3) is 5.69 Å². The van der Waals surface area contributed by atoms with Crippen LogP contribution < -0.4 is 0 Å². The summed E-state index contributed by atoms with van der Waals surface area (Å²) in [5, 5.41) is 11.0. The predicted octanol–water partition coefficient (Wildman–Crippen LogP) is 4.82. The van der Waals surface area contributed by atoms with E-state index in [2.05, 4.69) is 25.9 Å². The van der Waals surface area contributed by atoms with Crippen molar-refractivity contribution in [1.82, 2.24) is 14.9 Å². The molecule has 9 heteroatoms. The minimum Gasteiger partial charge on any atom is -0.444 e. The number of amides is 1. The van der Waals surface area contributed by atoms with Crippen molar-refractivity contribution in [1.29, 1.82) is 0 Å². The summed E-state index contributed by atoms with van der Waals surface area (Å²) in [7, 11) is 0. The molecule has 1 aliphatic heterocycles. The zero-order chi connectivity index (χ0) is 19.8. The van der Waals surface area contributed by atoms with Gasteiger partial charge in [0, 0.05) is 18.2 Å². The van der Waals surface area contributed by atoms with E-state index in [1.807, 2.05) is 20.8 Å². The monoisotopic (exact) mass is 436 g/mol. The average Bonchev–Trinajstić information content (AvgIpc) is 3.22. The Kier molecular flexibility index (Phi) is 5.23. The van der Waals surface area contributed by atoms with E-state index < -0.39 is 10.5 Å². The maximum atomic E-state index is 12.5. The first-order valence-corrected chi connectivity index (χ1v) is 9.44. The van der Waals surface area contributed by atoms with Crippen molar-refractivity contribution in [3.63, 3.8) is 0 Å². The van der Waals surface area contributed by atoms with Crippen LogP contribution in [0.1, 0.15) is 45.5 Å². The van der Waals surface area contributed by atoms with Gasteiger partial charge in [-0.15, -0.1) is 0 Å². The molecule has 3 rings (SSSR count). The van der Waals surface area contributed by atoms with E-state index in [0.29, 0.717) is 16.8 Å². The van der Waals surface area contributed by atoms with E-state index in [4.69, 9.17) is 4.74 Å². The number of aromatic amines is 1. The molecule has 1 saturated heterocycles. The Bertz CT molecular complexity index is 874. The van der Waals surface area contributed by atoms with Crippen LogP contribution in [0.2, 0.25) is 0 Å². The van der Waals surface area contributed by atoms with Crippen LogP contribution in [0.4, 0.5) is 10.5 Å². The third-order valence-corrected chi connectivity index (χ3v) is 4.88. The molecule has 0 aliphatic carbocycles. The molecule has 1 N–H and O–H groups in total. The predicted molar refractivity (Wildman–Crippen MR) is 103 cm³/mol. The highest BCUT2D eigenvalue weighted by atomic mass is 79.9. The van der Waals surface area contributed by atoms with E-state index in [-0.39, 0.29) is 17.8 Å². The smallest absolute Gasteiger partial charge is 0.410 e. The Labute approximate surface area is 165 Å². The van der Waals surface area contributed by atoms with Gasteiger partial charge in [-0.1, -0.05) is 0 Å². The highest BCUT2D eigenvalue weighted by Crippen LogP contribution is 2.34. The lowest BCUT2D eigenvalue weighted by Gasteiger charge is -2.27. The van der Waals surface area contributed by atoms with Crippen LogP contribution in [-0.4, -0.2) is 38.0 Å². The van der Waals surface area contributed by atoms with Crippen molar-refractivity contribution < 1.29 is 14.5 Å². The fraction of sp³-hybridized carbons (Fsp3) is 0.444. The SMILES string of the molecule is CC(C)(C)OC(=O)N1CCCC1c1ncc(-c2ccc([N+](=O)[O-])c(Br)c2)[nH]1. The number of ether oxygens (including phenoxy) is 1. The number of nitro groups is 1. The van der Waals surface area contributed by atoms with Crippen molar-refractivity contribution in [2.75, 3.05) is 6.54 Å². The second-order valence-corrected chi connectivity index (χ2v) is 8.29. The molecule has 1 aliphatic rings. The van der Waals surface area contributed by atoms with Crippen LogP contribution in [0.5, 0.6) is 0 Å². The fourth-order valence-corrected chi connectivity index (χ4v) is 3.59. The van der Waals surface area contributed by atoms with Gasteiger partial charge in [0.05, 0.1) is 27.3 Å². The van der Waals surface area contributed by atoms with Crippen molar-refractivity contribution in [3.05, 3.63) is 44.8 Å². The summed E-state index contributed by atoms with van der Waals surface area (Å²) in [5.74, 6) is 0.683. The molecule has 0 bridgehead atoms. The normalized spacial score (nSPS) is 17.2. The molecule has 144 valence electrons. The molecule has 1 aromatic heterocycles. The average molecular weight is 437 g/mol. The minimum absolute atomic E-state index is 0.00498. The molecule has 2 aromatic rings. The largest absolute Gasteiger partial charge is 0.444 e. The molecule has 1 fully saturated rings. The summed E-state index contributed by atoms with van der Waals surface area (Å²) in [6, 6.07) is 4.62. The van der Waals surface area contributed by atoms with Crippen molar-refractivity contribution >= 4 is 27.7 Å². The highest BCUT2D eigenvalue weighted by Gasteiger charge is 2.34. The molecule has 8 nitrogen and oxygen atoms in total. The number of imidazole rings is 1. The van der Waals surface area contributed by atoms with Crippen LogP contribution in [0.25, 0.3) is 11.3 Å². The first-order valence-electron chi connectivity index (χ1n) is 8.64. The number of hydrogen-bond acceptors (Lipinski definition) is 5. The standard InChI is InChI=1S/C18H21BrN4O4/c1-18(2,3)27-17(24)22-8-4-5-15(22)16-20-10-13(21-16)11-6-7-14(23(25)26)12(19)9-11/h6-7,9-10,15H,4-5,8H2,1-3H3,(H,20,21). The van der Waals surface area contributed by atoms with E-state index in [1.165, 1.54) is 6.07 Å². The van der Waals surface area contributed by atoms with Gasteiger partial charge in [0.15, 0.2) is 0 Å². The van der Waals surface area contributed by atoms with Crippen molar-refractivity contribution in [2.45, 2.75) is 45.3 Å². The van der Waals surface area contributed by atoms with Crippen LogP contribution in [0.15, 0.2) is 28.9 Å². The van der Waals surface area contributed by atoms with Gasteiger partial charge in [-0.3, -0.25) is 15.0 Å². The lowest BCUT2D eigenvalue weighted by molar-refractivity contribution is -0.385. The summed E-state index contributed by atoms with van der Waals surface area (Å²) in [6.07, 6.45) is 3.01. The number of carbonyl (C=O) groups is 1. The second-order valence-electron chi connectivity index (χ2n) is 7.44. The fourth-order valence-electron chi connectivity index (χ4n) is 3.07. The third kappa shape index (κ3) is 4.29. The van der Waals surface area contributed by atoms with Gasteiger partial charge in [-0.05, 0) is 61.7 Å². The zero-order valence-corrected chi connectivity index (χ0v) is 16.9. The number of aromatic nitrogens is 2. The topological polar surface area (TPSA) is 101 Å². The molecule has 27 heavy (non-hydrogen) atoms. The first-order chi connectivity index (χ1) is 12.7. The lowest BCUT2D eigenvalue weighted by Crippen LogP contribution is -2.36. The number of nitrogens with one attached hydrogen (secondary N) is 1. The Morgan fingerprint density at radius 3 is 2.81 bits per heavy atom. The second kappa shape index (κ2) is 7.30. The third-order valence-electron chi connectivity index (χ3n) is 4.25. The number of rotatable bonds is 3. The Hall–Kier alpha value is -2.42. The maximum absolute atomic E-state index is 12.5. The molecule has 0 radical (unpaired) electrons. The first kappa shape index (κ1) is 19.3. The Morgan fingerprint density at radius 2 is 2.19 bits per heavy atom. The van der Waals surface area contributed by atoms with E-state index in [1.54, 1.807) is 23.2 Å². The number of benzene rings is 1. The molecule has 2 heterocycles. The summed E-state index contributed by atoms with van der Waals surface area (Å²) in [6.45, 7) is 6.15. The van der Waals surface area contributed by atoms with Crippen molar-refractivity contribution in [2.24, 2.45) is 0 Å². The molecular weight excluding hydrogens is 416 g/mol. The number of halogens is 1. The number of nitrogens with zero attached hydrogens (tertiary/aromatic N) is 3. The number of hydrogen-bond donors (Lipinski definition) is 1. The van der Waals surface area contributed by atoms with Gasteiger partial charge in [0.1, 0.15) is 11.4 Å². The van der Waals surface area contributed by atoms with Gasteiger partial charge < -0.3 is 9.72 Å². The minimum atomic E-state index is -0.552. The van der Waals surface area contributed by atoms with E-state index in [0.717, 1.165) is 24.1 Å². The number of H-pyrrole nitrogens is 1. The molecular formula is C18H21BrN4O4. The van der Waals surface area contributed by atoms with Gasteiger partial charge in [-0.2, -0.15) is 0 Å². The van der Waals surface area contributed by atoms with Crippen molar-refractivity contribution in [3.8, 4) is 11.3 Å². The summed E-state index contributed by atoms with van der Waals surface area (Å²) >= 11 is 3.23. The molecule has 1 atom stereocenters. The Morgan fingerprint density at radius 1 is 1.44 bits per heavy atom. The number of carbonyl (C=O) groups excluding carboxylic acids is 1. The molecule has 1 amide bonds. The van der Waals surface area contributed by atoms with E-state index in [9.17, 15) is 14.9 Å². The molecule has 0 spiro atoms. The number of likely N-dealkylation sites (tertiary alicyclic amines) is 1. The van der Waals surface area contributed by atoms with Gasteiger partial charge >= 0.3 is 6.09 Å². The van der Waals surface area contributed by atoms with Crippen LogP contribution in [0.3, 0.4) is 0 Å². The number of nitro benzene ring substituents is 1. The highest BCUT2D eigenvalue weighted by molar-refractivity contribution is 9.10. The lowest BCUT2D eigenvalue weighted by atomic mass is 10.1. The van der Waals surface area contributed by atoms with Crippen LogP contribution in [-0.2, 0) is 4.74 Å². The quantitative estimate of drug-likeness (QED) is 0.548. The van der Waals surface area contributed by atoms with Gasteiger partial charge in [-0.25, -0.2) is 9.78 Å². The van der Waals surface area contributed by atoms with Crippen LogP contribution in [0, 0.1) is 10.1 Å². The maximum Gasteiger partial charge on any atom is 0.410 e.